The van der Waals surface area contributed by atoms with Crippen molar-refractivity contribution in [2.75, 3.05) is 0 Å². The highest BCUT2D eigenvalue weighted by Crippen LogP contribution is 2.41. The highest BCUT2D eigenvalue weighted by molar-refractivity contribution is 5.98. The normalized spacial score (nSPS) is 16.0. The number of fused-ring (bicyclic) bond motifs is 2. The summed E-state index contributed by atoms with van der Waals surface area (Å²) in [6.07, 6.45) is 10.4. The number of Topliss-reactive ketones (excluding diaryl/α,β-unsaturated/α-hetero) is 1. The number of aryl methyl sites for hydroxylation is 1. The predicted molar refractivity (Wildman–Crippen MR) is 124 cm³/mol. The number of hydrogen-bond acceptors (Lipinski definition) is 2. The van der Waals surface area contributed by atoms with Crippen molar-refractivity contribution >= 4 is 17.3 Å². The van der Waals surface area contributed by atoms with Gasteiger partial charge in [-0.25, -0.2) is 0 Å². The molecule has 0 spiro atoms. The van der Waals surface area contributed by atoms with Crippen LogP contribution in [0.15, 0.2) is 54.1 Å². The van der Waals surface area contributed by atoms with Gasteiger partial charge in [-0.05, 0) is 79.7 Å². The summed E-state index contributed by atoms with van der Waals surface area (Å²) in [6, 6.07) is 16.4. The molecule has 162 valence electrons. The van der Waals surface area contributed by atoms with E-state index in [1.807, 2.05) is 30.3 Å². The minimum Gasteiger partial charge on any atom is -0.481 e. The fourth-order valence-electron chi connectivity index (χ4n) is 5.12. The van der Waals surface area contributed by atoms with E-state index in [1.165, 1.54) is 41.5 Å². The second-order valence-electron chi connectivity index (χ2n) is 9.09. The van der Waals surface area contributed by atoms with Crippen molar-refractivity contribution in [1.82, 2.24) is 0 Å². The molecule has 0 aromatic heterocycles. The third-order valence-corrected chi connectivity index (χ3v) is 6.88. The molecule has 0 bridgehead atoms. The van der Waals surface area contributed by atoms with Gasteiger partial charge >= 0.3 is 5.97 Å². The lowest BCUT2D eigenvalue weighted by atomic mass is 9.90. The Bertz CT molecular complexity index is 971. The Hall–Kier alpha value is -2.68. The summed E-state index contributed by atoms with van der Waals surface area (Å²) in [4.78, 5) is 24.6. The maximum absolute atomic E-state index is 12.9. The van der Waals surface area contributed by atoms with Crippen molar-refractivity contribution in [3.8, 4) is 0 Å². The average molecular weight is 417 g/mol. The van der Waals surface area contributed by atoms with Gasteiger partial charge in [0.25, 0.3) is 0 Å². The van der Waals surface area contributed by atoms with Gasteiger partial charge in [0, 0.05) is 12.0 Å². The van der Waals surface area contributed by atoms with Gasteiger partial charge in [-0.1, -0.05) is 60.9 Å². The van der Waals surface area contributed by atoms with Gasteiger partial charge < -0.3 is 5.11 Å². The first kappa shape index (κ1) is 21.5. The van der Waals surface area contributed by atoms with Crippen molar-refractivity contribution in [2.24, 2.45) is 5.92 Å². The molecule has 0 radical (unpaired) electrons. The Kier molecular flexibility index (Phi) is 7.01. The number of hydrogen-bond donors (Lipinski definition) is 1. The van der Waals surface area contributed by atoms with Crippen LogP contribution in [-0.4, -0.2) is 16.9 Å². The minimum atomic E-state index is -0.852. The SMILES string of the molecule is O=C(C[C@@H](CCCCCc1ccccc1)C(=O)O)c1ccc2c(c1)CC1=C2CCCC1. The summed E-state index contributed by atoms with van der Waals surface area (Å²) in [5.41, 5.74) is 7.61. The standard InChI is InChI=1S/C28H32O3/c29-27(22-15-16-26-24(18-22)17-21-12-7-8-14-25(21)26)19-23(28(30)31)13-6-2-5-11-20-9-3-1-4-10-20/h1,3-4,9-10,15-16,18,23H,2,5-8,11-14,17,19H2,(H,30,31)/t23-/m1/s1. The summed E-state index contributed by atoms with van der Waals surface area (Å²) < 4.78 is 0. The third kappa shape index (κ3) is 5.33. The van der Waals surface area contributed by atoms with E-state index in [0.717, 1.165) is 38.5 Å². The van der Waals surface area contributed by atoms with E-state index in [4.69, 9.17) is 0 Å². The van der Waals surface area contributed by atoms with Crippen molar-refractivity contribution < 1.29 is 14.7 Å². The van der Waals surface area contributed by atoms with Crippen LogP contribution in [0.5, 0.6) is 0 Å². The third-order valence-electron chi connectivity index (χ3n) is 6.88. The molecule has 3 nitrogen and oxygen atoms in total. The Balaban J connectivity index is 1.28. The molecular formula is C28H32O3. The molecule has 2 aromatic carbocycles. The molecule has 1 N–H and O–H groups in total. The van der Waals surface area contributed by atoms with E-state index in [1.54, 1.807) is 5.57 Å². The van der Waals surface area contributed by atoms with Gasteiger partial charge in [-0.3, -0.25) is 9.59 Å². The van der Waals surface area contributed by atoms with Crippen LogP contribution >= 0.6 is 0 Å². The smallest absolute Gasteiger partial charge is 0.306 e. The Morgan fingerprint density at radius 3 is 2.55 bits per heavy atom. The summed E-state index contributed by atoms with van der Waals surface area (Å²) in [5.74, 6) is -1.48. The van der Waals surface area contributed by atoms with Crippen molar-refractivity contribution in [3.63, 3.8) is 0 Å². The largest absolute Gasteiger partial charge is 0.481 e. The number of unbranched alkanes of at least 4 members (excludes halogenated alkanes) is 2. The average Bonchev–Trinajstić information content (AvgIpc) is 3.16. The van der Waals surface area contributed by atoms with E-state index in [0.29, 0.717) is 12.0 Å². The second kappa shape index (κ2) is 10.1. The molecular weight excluding hydrogens is 384 g/mol. The first-order valence-electron chi connectivity index (χ1n) is 11.8. The Morgan fingerprint density at radius 2 is 1.74 bits per heavy atom. The molecule has 0 saturated carbocycles. The molecule has 0 amide bonds. The highest BCUT2D eigenvalue weighted by Gasteiger charge is 2.26. The van der Waals surface area contributed by atoms with Crippen LogP contribution in [0.4, 0.5) is 0 Å². The van der Waals surface area contributed by atoms with Gasteiger partial charge in [0.2, 0.25) is 0 Å². The zero-order valence-corrected chi connectivity index (χ0v) is 18.2. The monoisotopic (exact) mass is 416 g/mol. The number of carboxylic acids is 1. The number of benzene rings is 2. The quantitative estimate of drug-likeness (QED) is 0.348. The molecule has 4 rings (SSSR count). The summed E-state index contributed by atoms with van der Waals surface area (Å²) in [7, 11) is 0. The second-order valence-corrected chi connectivity index (χ2v) is 9.09. The molecule has 3 heteroatoms. The van der Waals surface area contributed by atoms with Gasteiger partial charge in [0.15, 0.2) is 5.78 Å². The lowest BCUT2D eigenvalue weighted by Gasteiger charge is -2.14. The van der Waals surface area contributed by atoms with Crippen molar-refractivity contribution in [3.05, 3.63) is 76.4 Å². The van der Waals surface area contributed by atoms with E-state index >= 15 is 0 Å². The maximum atomic E-state index is 12.9. The Labute approximate surface area is 185 Å². The van der Waals surface area contributed by atoms with Crippen LogP contribution in [-0.2, 0) is 17.6 Å². The number of ketones is 1. The molecule has 0 saturated heterocycles. The first-order chi connectivity index (χ1) is 15.1. The molecule has 1 atom stereocenters. The highest BCUT2D eigenvalue weighted by atomic mass is 16.4. The molecule has 0 aliphatic heterocycles. The van der Waals surface area contributed by atoms with Gasteiger partial charge in [-0.15, -0.1) is 0 Å². The van der Waals surface area contributed by atoms with E-state index in [2.05, 4.69) is 18.2 Å². The van der Waals surface area contributed by atoms with Crippen LogP contribution in [0.3, 0.4) is 0 Å². The van der Waals surface area contributed by atoms with Crippen LogP contribution in [0.25, 0.3) is 5.57 Å². The maximum Gasteiger partial charge on any atom is 0.306 e. The van der Waals surface area contributed by atoms with E-state index < -0.39 is 11.9 Å². The molecule has 0 heterocycles. The Morgan fingerprint density at radius 1 is 0.935 bits per heavy atom. The first-order valence-corrected chi connectivity index (χ1v) is 11.8. The molecule has 2 aliphatic rings. The molecule has 31 heavy (non-hydrogen) atoms. The van der Waals surface area contributed by atoms with Crippen LogP contribution < -0.4 is 0 Å². The molecule has 0 fully saturated rings. The van der Waals surface area contributed by atoms with E-state index in [9.17, 15) is 14.7 Å². The number of allylic oxidation sites excluding steroid dienone is 2. The van der Waals surface area contributed by atoms with Crippen LogP contribution in [0, 0.1) is 5.92 Å². The van der Waals surface area contributed by atoms with Crippen LogP contribution in [0.1, 0.15) is 84.8 Å². The van der Waals surface area contributed by atoms with E-state index in [-0.39, 0.29) is 12.2 Å². The van der Waals surface area contributed by atoms with Crippen molar-refractivity contribution in [2.45, 2.75) is 70.6 Å². The van der Waals surface area contributed by atoms with Crippen LogP contribution in [0.2, 0.25) is 0 Å². The summed E-state index contributed by atoms with van der Waals surface area (Å²) in [5, 5.41) is 9.64. The fourth-order valence-corrected chi connectivity index (χ4v) is 5.12. The molecule has 2 aromatic rings. The fraction of sp³-hybridized carbons (Fsp3) is 0.429. The number of carboxylic acid groups (broad SMARTS) is 1. The number of carbonyl (C=O) groups excluding carboxylic acids is 1. The predicted octanol–water partition coefficient (Wildman–Crippen LogP) is 6.65. The van der Waals surface area contributed by atoms with Gasteiger partial charge in [-0.2, -0.15) is 0 Å². The summed E-state index contributed by atoms with van der Waals surface area (Å²) >= 11 is 0. The topological polar surface area (TPSA) is 54.4 Å². The molecule has 2 aliphatic carbocycles. The minimum absolute atomic E-state index is 0.0376. The molecule has 0 unspecified atom stereocenters. The summed E-state index contributed by atoms with van der Waals surface area (Å²) in [6.45, 7) is 0. The zero-order valence-electron chi connectivity index (χ0n) is 18.2. The number of aliphatic carboxylic acids is 1. The van der Waals surface area contributed by atoms with Gasteiger partial charge in [0.1, 0.15) is 0 Å². The lowest BCUT2D eigenvalue weighted by Crippen LogP contribution is -2.18. The van der Waals surface area contributed by atoms with Crippen molar-refractivity contribution in [1.29, 1.82) is 0 Å². The number of rotatable bonds is 10. The zero-order chi connectivity index (χ0) is 21.6. The number of carbonyl (C=O) groups is 2. The van der Waals surface area contributed by atoms with Gasteiger partial charge in [0.05, 0.1) is 5.92 Å². The lowest BCUT2D eigenvalue weighted by molar-refractivity contribution is -0.141.